The molecule has 0 saturated carbocycles. The lowest BCUT2D eigenvalue weighted by Gasteiger charge is -2.27. The second kappa shape index (κ2) is 6.91. The van der Waals surface area contributed by atoms with Gasteiger partial charge >= 0.3 is 0 Å². The predicted molar refractivity (Wildman–Crippen MR) is 85.7 cm³/mol. The van der Waals surface area contributed by atoms with Gasteiger partial charge in [0.05, 0.1) is 17.3 Å². The predicted octanol–water partition coefficient (Wildman–Crippen LogP) is -0.0313. The van der Waals surface area contributed by atoms with Gasteiger partial charge < -0.3 is 9.84 Å². The topological polar surface area (TPSA) is 100 Å². The molecule has 2 N–H and O–H groups in total. The molecule has 8 nitrogen and oxygen atoms in total. The Morgan fingerprint density at radius 3 is 2.91 bits per heavy atom. The van der Waals surface area contributed by atoms with Crippen LogP contribution < -0.4 is 10.0 Å². The first-order chi connectivity index (χ1) is 11.1. The van der Waals surface area contributed by atoms with Gasteiger partial charge in [-0.25, -0.2) is 18.1 Å². The quantitative estimate of drug-likeness (QED) is 0.762. The Morgan fingerprint density at radius 2 is 2.17 bits per heavy atom. The van der Waals surface area contributed by atoms with Gasteiger partial charge in [0.15, 0.2) is 0 Å². The lowest BCUT2D eigenvalue weighted by atomic mass is 10.2. The van der Waals surface area contributed by atoms with Gasteiger partial charge in [0.2, 0.25) is 10.0 Å². The Bertz CT molecular complexity index is 768. The summed E-state index contributed by atoms with van der Waals surface area (Å²) in [7, 11) is -3.58. The van der Waals surface area contributed by atoms with Crippen molar-refractivity contribution in [3.8, 4) is 0 Å². The third kappa shape index (κ3) is 3.69. The summed E-state index contributed by atoms with van der Waals surface area (Å²) in [5.41, 5.74) is 1.08. The standard InChI is InChI=1S/C14H21N5O3S/c1-2-13-12-9-11(10-16-14(12)22-18-13)23(20,21)17-5-8-19-6-3-15-4-7-19/h9-10,15,17H,2-8H2,1H3. The molecule has 126 valence electrons. The SMILES string of the molecule is CCc1noc2ncc(S(=O)(=O)NCCN3CCNCC3)cc12. The van der Waals surface area contributed by atoms with E-state index in [9.17, 15) is 8.42 Å². The number of nitrogens with zero attached hydrogens (tertiary/aromatic N) is 3. The first kappa shape index (κ1) is 16.3. The maximum Gasteiger partial charge on any atom is 0.258 e. The van der Waals surface area contributed by atoms with E-state index >= 15 is 0 Å². The van der Waals surface area contributed by atoms with Gasteiger partial charge in [0, 0.05) is 39.3 Å². The van der Waals surface area contributed by atoms with Crippen LogP contribution in [-0.2, 0) is 16.4 Å². The van der Waals surface area contributed by atoms with Crippen LogP contribution in [-0.4, -0.2) is 62.7 Å². The summed E-state index contributed by atoms with van der Waals surface area (Å²) in [6.45, 7) is 6.78. The molecule has 0 bridgehead atoms. The Hall–Kier alpha value is -1.55. The van der Waals surface area contributed by atoms with Crippen molar-refractivity contribution in [1.82, 2.24) is 25.1 Å². The van der Waals surface area contributed by atoms with Crippen LogP contribution in [0.3, 0.4) is 0 Å². The van der Waals surface area contributed by atoms with Gasteiger partial charge in [0.1, 0.15) is 4.90 Å². The molecule has 3 heterocycles. The Kier molecular flexibility index (Phi) is 4.90. The molecular weight excluding hydrogens is 318 g/mol. The van der Waals surface area contributed by atoms with Crippen molar-refractivity contribution in [3.63, 3.8) is 0 Å². The number of aryl methyl sites for hydroxylation is 1. The van der Waals surface area contributed by atoms with E-state index in [1.165, 1.54) is 6.20 Å². The molecule has 0 aliphatic carbocycles. The largest absolute Gasteiger partial charge is 0.336 e. The van der Waals surface area contributed by atoms with Crippen LogP contribution in [0, 0.1) is 0 Å². The molecule has 1 aliphatic rings. The molecule has 9 heteroatoms. The molecule has 1 aliphatic heterocycles. The monoisotopic (exact) mass is 339 g/mol. The molecule has 2 aromatic heterocycles. The number of pyridine rings is 1. The second-order valence-corrected chi connectivity index (χ2v) is 7.26. The lowest BCUT2D eigenvalue weighted by Crippen LogP contribution is -2.46. The fourth-order valence-electron chi connectivity index (χ4n) is 2.62. The summed E-state index contributed by atoms with van der Waals surface area (Å²) in [4.78, 5) is 6.42. The molecular formula is C14H21N5O3S. The smallest absolute Gasteiger partial charge is 0.258 e. The molecule has 3 rings (SSSR count). The van der Waals surface area contributed by atoms with Crippen molar-refractivity contribution in [2.75, 3.05) is 39.3 Å². The number of sulfonamides is 1. The zero-order valence-corrected chi connectivity index (χ0v) is 13.9. The summed E-state index contributed by atoms with van der Waals surface area (Å²) in [5, 5.41) is 7.81. The molecule has 0 atom stereocenters. The van der Waals surface area contributed by atoms with Crippen LogP contribution in [0.5, 0.6) is 0 Å². The zero-order valence-electron chi connectivity index (χ0n) is 13.1. The van der Waals surface area contributed by atoms with Crippen molar-refractivity contribution in [3.05, 3.63) is 18.0 Å². The molecule has 0 unspecified atom stereocenters. The molecule has 0 amide bonds. The minimum atomic E-state index is -3.58. The van der Waals surface area contributed by atoms with Gasteiger partial charge in [-0.2, -0.15) is 0 Å². The maximum atomic E-state index is 12.4. The fourth-order valence-corrected chi connectivity index (χ4v) is 3.61. The van der Waals surface area contributed by atoms with E-state index in [1.807, 2.05) is 6.92 Å². The molecule has 23 heavy (non-hydrogen) atoms. The van der Waals surface area contributed by atoms with Crippen LogP contribution in [0.4, 0.5) is 0 Å². The highest BCUT2D eigenvalue weighted by atomic mass is 32.2. The molecule has 0 aromatic carbocycles. The molecule has 1 saturated heterocycles. The number of hydrogen-bond acceptors (Lipinski definition) is 7. The van der Waals surface area contributed by atoms with Crippen LogP contribution >= 0.6 is 0 Å². The number of nitrogens with one attached hydrogen (secondary N) is 2. The third-order valence-electron chi connectivity index (χ3n) is 3.95. The van der Waals surface area contributed by atoms with Gasteiger partial charge in [-0.1, -0.05) is 12.1 Å². The molecule has 0 spiro atoms. The summed E-state index contributed by atoms with van der Waals surface area (Å²) in [5.74, 6) is 0. The minimum Gasteiger partial charge on any atom is -0.336 e. The van der Waals surface area contributed by atoms with Crippen molar-refractivity contribution < 1.29 is 12.9 Å². The van der Waals surface area contributed by atoms with Crippen molar-refractivity contribution in [2.24, 2.45) is 0 Å². The number of hydrogen-bond donors (Lipinski definition) is 2. The van der Waals surface area contributed by atoms with Gasteiger partial charge in [-0.3, -0.25) is 4.90 Å². The zero-order chi connectivity index (χ0) is 16.3. The van der Waals surface area contributed by atoms with Crippen molar-refractivity contribution in [2.45, 2.75) is 18.2 Å². The van der Waals surface area contributed by atoms with Crippen LogP contribution in [0.1, 0.15) is 12.6 Å². The van der Waals surface area contributed by atoms with Gasteiger partial charge in [0.25, 0.3) is 5.71 Å². The van der Waals surface area contributed by atoms with E-state index in [0.29, 0.717) is 36.3 Å². The van der Waals surface area contributed by atoms with Crippen molar-refractivity contribution in [1.29, 1.82) is 0 Å². The highest BCUT2D eigenvalue weighted by Gasteiger charge is 2.18. The maximum absolute atomic E-state index is 12.4. The van der Waals surface area contributed by atoms with E-state index < -0.39 is 10.0 Å². The number of fused-ring (bicyclic) bond motifs is 1. The van der Waals surface area contributed by atoms with E-state index in [4.69, 9.17) is 4.52 Å². The third-order valence-corrected chi connectivity index (χ3v) is 5.38. The molecule has 0 radical (unpaired) electrons. The number of piperazine rings is 1. The Morgan fingerprint density at radius 1 is 1.39 bits per heavy atom. The molecule has 2 aromatic rings. The number of rotatable bonds is 6. The first-order valence-corrected chi connectivity index (χ1v) is 9.25. The Balaban J connectivity index is 1.68. The van der Waals surface area contributed by atoms with Crippen LogP contribution in [0.15, 0.2) is 21.7 Å². The Labute approximate surface area is 135 Å². The lowest BCUT2D eigenvalue weighted by molar-refractivity contribution is 0.245. The van der Waals surface area contributed by atoms with Gasteiger partial charge in [-0.15, -0.1) is 0 Å². The summed E-state index contributed by atoms with van der Waals surface area (Å²) in [6, 6.07) is 1.57. The first-order valence-electron chi connectivity index (χ1n) is 7.77. The van der Waals surface area contributed by atoms with E-state index in [2.05, 4.69) is 25.1 Å². The average molecular weight is 339 g/mol. The van der Waals surface area contributed by atoms with Gasteiger partial charge in [-0.05, 0) is 12.5 Å². The minimum absolute atomic E-state index is 0.142. The number of aromatic nitrogens is 2. The summed E-state index contributed by atoms with van der Waals surface area (Å²) >= 11 is 0. The second-order valence-electron chi connectivity index (χ2n) is 5.50. The summed E-state index contributed by atoms with van der Waals surface area (Å²) < 4.78 is 32.5. The van der Waals surface area contributed by atoms with Crippen LogP contribution in [0.2, 0.25) is 0 Å². The average Bonchev–Trinajstić information content (AvgIpc) is 2.98. The van der Waals surface area contributed by atoms with E-state index in [-0.39, 0.29) is 4.90 Å². The van der Waals surface area contributed by atoms with Crippen molar-refractivity contribution >= 4 is 21.1 Å². The fraction of sp³-hybridized carbons (Fsp3) is 0.571. The van der Waals surface area contributed by atoms with Crippen LogP contribution in [0.25, 0.3) is 11.1 Å². The summed E-state index contributed by atoms with van der Waals surface area (Å²) in [6.07, 6.45) is 1.97. The normalized spacial score (nSPS) is 16.9. The van der Waals surface area contributed by atoms with E-state index in [1.54, 1.807) is 6.07 Å². The highest BCUT2D eigenvalue weighted by molar-refractivity contribution is 7.89. The molecule has 1 fully saturated rings. The highest BCUT2D eigenvalue weighted by Crippen LogP contribution is 2.20. The van der Waals surface area contributed by atoms with E-state index in [0.717, 1.165) is 26.2 Å².